The Kier molecular flexibility index (Phi) is 3.88. The summed E-state index contributed by atoms with van der Waals surface area (Å²) in [6.45, 7) is 0. The number of rotatable bonds is 0. The average Bonchev–Trinajstić information content (AvgIpc) is 2.75. The molecule has 2 nitrogen and oxygen atoms in total. The highest BCUT2D eigenvalue weighted by molar-refractivity contribution is 7.16. The molecule has 0 fully saturated rings. The predicted octanol–water partition coefficient (Wildman–Crippen LogP) is 3.86. The number of carbonyl (C=O) groups is 2. The van der Waals surface area contributed by atoms with Crippen LogP contribution in [-0.2, 0) is 0 Å². The van der Waals surface area contributed by atoms with Crippen molar-refractivity contribution in [1.82, 2.24) is 0 Å². The van der Waals surface area contributed by atoms with Crippen LogP contribution in [0.3, 0.4) is 0 Å². The molecule has 0 atom stereocenters. The van der Waals surface area contributed by atoms with E-state index in [-0.39, 0.29) is 11.6 Å². The lowest BCUT2D eigenvalue weighted by Gasteiger charge is -2.02. The van der Waals surface area contributed by atoms with E-state index < -0.39 is 0 Å². The third kappa shape index (κ3) is 2.79. The topological polar surface area (TPSA) is 34.1 Å². The fourth-order valence-electron chi connectivity index (χ4n) is 1.99. The van der Waals surface area contributed by atoms with E-state index >= 15 is 0 Å². The predicted molar refractivity (Wildman–Crippen MR) is 65.3 cm³/mol. The number of fused-ring (bicyclic) bond motifs is 2. The van der Waals surface area contributed by atoms with Crippen LogP contribution in [-0.4, -0.2) is 11.6 Å². The molecule has 0 N–H and O–H groups in total. The Morgan fingerprint density at radius 3 is 1.69 bits per heavy atom. The molecule has 0 radical (unpaired) electrons. The summed E-state index contributed by atoms with van der Waals surface area (Å²) >= 11 is 1.36. The van der Waals surface area contributed by atoms with Crippen LogP contribution in [0.5, 0.6) is 0 Å². The van der Waals surface area contributed by atoms with Crippen molar-refractivity contribution in [3.63, 3.8) is 0 Å². The summed E-state index contributed by atoms with van der Waals surface area (Å²) < 4.78 is 0. The molecule has 0 amide bonds. The summed E-state index contributed by atoms with van der Waals surface area (Å²) in [7, 11) is 0. The SMILES string of the molecule is O=C1CCCCCCCC(=O)c2ccc1s2. The number of hydrogen-bond donors (Lipinski definition) is 0. The van der Waals surface area contributed by atoms with E-state index in [1.54, 1.807) is 12.1 Å². The van der Waals surface area contributed by atoms with E-state index in [1.165, 1.54) is 11.3 Å². The van der Waals surface area contributed by atoms with E-state index in [2.05, 4.69) is 0 Å². The van der Waals surface area contributed by atoms with Gasteiger partial charge in [-0.3, -0.25) is 9.59 Å². The lowest BCUT2D eigenvalue weighted by molar-refractivity contribution is 0.0979. The Bertz CT molecular complexity index is 358. The minimum absolute atomic E-state index is 0.199. The monoisotopic (exact) mass is 236 g/mol. The van der Waals surface area contributed by atoms with Crippen LogP contribution in [0.4, 0.5) is 0 Å². The van der Waals surface area contributed by atoms with Crippen molar-refractivity contribution in [3.05, 3.63) is 21.9 Å². The van der Waals surface area contributed by atoms with Crippen molar-refractivity contribution >= 4 is 22.9 Å². The van der Waals surface area contributed by atoms with Gasteiger partial charge >= 0.3 is 0 Å². The molecule has 1 aliphatic rings. The Hall–Kier alpha value is -0.960. The zero-order valence-electron chi connectivity index (χ0n) is 9.33. The molecular formula is C13H16O2S. The maximum absolute atomic E-state index is 11.8. The highest BCUT2D eigenvalue weighted by Gasteiger charge is 2.14. The molecule has 2 heterocycles. The number of ketones is 2. The maximum atomic E-state index is 11.8. The lowest BCUT2D eigenvalue weighted by Crippen LogP contribution is -1.98. The summed E-state index contributed by atoms with van der Waals surface area (Å²) in [5.74, 6) is 0.397. The third-order valence-electron chi connectivity index (χ3n) is 2.96. The first-order valence-electron chi connectivity index (χ1n) is 5.93. The Balaban J connectivity index is 2.16. The van der Waals surface area contributed by atoms with E-state index in [0.717, 1.165) is 41.9 Å². The van der Waals surface area contributed by atoms with Gasteiger partial charge in [-0.2, -0.15) is 0 Å². The molecule has 1 aromatic heterocycles. The minimum atomic E-state index is 0.199. The molecular weight excluding hydrogens is 220 g/mol. The summed E-state index contributed by atoms with van der Waals surface area (Å²) in [5, 5.41) is 0. The van der Waals surface area contributed by atoms with Crippen LogP contribution in [0.25, 0.3) is 0 Å². The van der Waals surface area contributed by atoms with E-state index in [1.807, 2.05) is 0 Å². The van der Waals surface area contributed by atoms with Gasteiger partial charge in [0, 0.05) is 12.8 Å². The molecule has 0 aliphatic carbocycles. The van der Waals surface area contributed by atoms with Crippen molar-refractivity contribution in [2.45, 2.75) is 44.9 Å². The van der Waals surface area contributed by atoms with Crippen LogP contribution in [0.2, 0.25) is 0 Å². The molecule has 2 bridgehead atoms. The summed E-state index contributed by atoms with van der Waals surface area (Å²) in [6.07, 6.45) is 6.60. The van der Waals surface area contributed by atoms with Crippen LogP contribution < -0.4 is 0 Å². The van der Waals surface area contributed by atoms with Crippen molar-refractivity contribution in [1.29, 1.82) is 0 Å². The summed E-state index contributed by atoms with van der Waals surface area (Å²) in [4.78, 5) is 25.0. The summed E-state index contributed by atoms with van der Waals surface area (Å²) in [5.41, 5.74) is 0. The highest BCUT2D eigenvalue weighted by Crippen LogP contribution is 2.22. The molecule has 1 aliphatic heterocycles. The van der Waals surface area contributed by atoms with Gasteiger partial charge in [0.2, 0.25) is 0 Å². The molecule has 16 heavy (non-hydrogen) atoms. The molecule has 0 aromatic carbocycles. The number of Topliss-reactive ketones (excluding diaryl/α,β-unsaturated/α-hetero) is 2. The van der Waals surface area contributed by atoms with Gasteiger partial charge < -0.3 is 0 Å². The summed E-state index contributed by atoms with van der Waals surface area (Å²) in [6, 6.07) is 3.61. The molecule has 0 saturated heterocycles. The lowest BCUT2D eigenvalue weighted by atomic mass is 10.1. The van der Waals surface area contributed by atoms with Crippen LogP contribution in [0.15, 0.2) is 12.1 Å². The first-order chi connectivity index (χ1) is 7.77. The Labute approximate surface area is 99.7 Å². The zero-order chi connectivity index (χ0) is 11.4. The van der Waals surface area contributed by atoms with Gasteiger partial charge in [0.25, 0.3) is 0 Å². The Morgan fingerprint density at radius 2 is 1.19 bits per heavy atom. The van der Waals surface area contributed by atoms with Crippen molar-refractivity contribution < 1.29 is 9.59 Å². The van der Waals surface area contributed by atoms with E-state index in [4.69, 9.17) is 0 Å². The third-order valence-corrected chi connectivity index (χ3v) is 4.13. The fourth-order valence-corrected chi connectivity index (χ4v) is 2.93. The Morgan fingerprint density at radius 1 is 0.750 bits per heavy atom. The molecule has 0 unspecified atom stereocenters. The second kappa shape index (κ2) is 5.39. The maximum Gasteiger partial charge on any atom is 0.172 e. The number of carbonyl (C=O) groups excluding carboxylic acids is 2. The van der Waals surface area contributed by atoms with Gasteiger partial charge in [0.1, 0.15) is 0 Å². The number of thiophene rings is 1. The first kappa shape index (κ1) is 11.5. The number of hydrogen-bond acceptors (Lipinski definition) is 3. The van der Waals surface area contributed by atoms with Gasteiger partial charge in [0.15, 0.2) is 11.6 Å². The molecule has 86 valence electrons. The normalized spacial score (nSPS) is 19.0. The van der Waals surface area contributed by atoms with Gasteiger partial charge in [-0.25, -0.2) is 0 Å². The smallest absolute Gasteiger partial charge is 0.172 e. The minimum Gasteiger partial charge on any atom is -0.293 e. The molecule has 3 heteroatoms. The van der Waals surface area contributed by atoms with Gasteiger partial charge in [-0.15, -0.1) is 11.3 Å². The van der Waals surface area contributed by atoms with Crippen LogP contribution in [0.1, 0.15) is 64.3 Å². The van der Waals surface area contributed by atoms with E-state index in [0.29, 0.717) is 12.8 Å². The van der Waals surface area contributed by atoms with Crippen molar-refractivity contribution in [2.24, 2.45) is 0 Å². The second-order valence-corrected chi connectivity index (χ2v) is 5.36. The highest BCUT2D eigenvalue weighted by atomic mass is 32.1. The van der Waals surface area contributed by atoms with Crippen molar-refractivity contribution in [3.8, 4) is 0 Å². The standard InChI is InChI=1S/C13H16O2S/c14-10-6-4-2-1-3-5-7-11(15)13-9-8-12(10)16-13/h8-9H,1-7H2. The van der Waals surface area contributed by atoms with Gasteiger partial charge in [-0.1, -0.05) is 19.3 Å². The largest absolute Gasteiger partial charge is 0.293 e. The second-order valence-electron chi connectivity index (χ2n) is 4.28. The van der Waals surface area contributed by atoms with Gasteiger partial charge in [0.05, 0.1) is 9.75 Å². The van der Waals surface area contributed by atoms with Crippen LogP contribution in [0, 0.1) is 0 Å². The van der Waals surface area contributed by atoms with Crippen molar-refractivity contribution in [2.75, 3.05) is 0 Å². The average molecular weight is 236 g/mol. The zero-order valence-corrected chi connectivity index (χ0v) is 10.1. The molecule has 1 aromatic rings. The molecule has 2 rings (SSSR count). The first-order valence-corrected chi connectivity index (χ1v) is 6.75. The van der Waals surface area contributed by atoms with E-state index in [9.17, 15) is 9.59 Å². The van der Waals surface area contributed by atoms with Crippen LogP contribution >= 0.6 is 11.3 Å². The van der Waals surface area contributed by atoms with Gasteiger partial charge in [-0.05, 0) is 25.0 Å². The quantitative estimate of drug-likeness (QED) is 0.685. The molecule has 0 spiro atoms. The fraction of sp³-hybridized carbons (Fsp3) is 0.538. The molecule has 0 saturated carbocycles.